The predicted molar refractivity (Wildman–Crippen MR) is 69.6 cm³/mol. The first-order valence-corrected chi connectivity index (χ1v) is 6.27. The Kier molecular flexibility index (Phi) is 3.81. The van der Waals surface area contributed by atoms with Crippen molar-refractivity contribution in [3.63, 3.8) is 0 Å². The molecule has 1 saturated heterocycles. The Morgan fingerprint density at radius 2 is 2.11 bits per heavy atom. The average Bonchev–Trinajstić information content (AvgIpc) is 2.38. The van der Waals surface area contributed by atoms with E-state index in [4.69, 9.17) is 0 Å². The molecule has 2 rings (SSSR count). The topological polar surface area (TPSA) is 74.0 Å². The number of rotatable bonds is 3. The van der Waals surface area contributed by atoms with Gasteiger partial charge in [-0.15, -0.1) is 0 Å². The molecule has 18 heavy (non-hydrogen) atoms. The van der Waals surface area contributed by atoms with Gasteiger partial charge in [0.2, 0.25) is 5.56 Å². The molecule has 98 valence electrons. The number of hydrogen-bond donors (Lipinski definition) is 3. The van der Waals surface area contributed by atoms with Crippen molar-refractivity contribution in [2.75, 3.05) is 19.6 Å². The first-order valence-electron chi connectivity index (χ1n) is 6.27. The van der Waals surface area contributed by atoms with Crippen LogP contribution < -0.4 is 16.2 Å². The zero-order valence-electron chi connectivity index (χ0n) is 10.6. The van der Waals surface area contributed by atoms with Crippen molar-refractivity contribution < 1.29 is 4.79 Å². The number of nitrogens with one attached hydrogen (secondary N) is 3. The number of carbonyl (C=O) groups is 1. The Labute approximate surface area is 106 Å². The maximum atomic E-state index is 11.9. The van der Waals surface area contributed by atoms with E-state index in [1.807, 2.05) is 0 Å². The molecule has 1 aliphatic rings. The molecule has 1 aliphatic heterocycles. The Morgan fingerprint density at radius 1 is 1.39 bits per heavy atom. The third-order valence-electron chi connectivity index (χ3n) is 3.53. The van der Waals surface area contributed by atoms with Crippen LogP contribution in [0.3, 0.4) is 0 Å². The van der Waals surface area contributed by atoms with Gasteiger partial charge in [-0.05, 0) is 37.4 Å². The molecule has 0 spiro atoms. The Bertz CT molecular complexity index is 455. The van der Waals surface area contributed by atoms with E-state index in [1.54, 1.807) is 6.07 Å². The molecule has 1 aromatic heterocycles. The monoisotopic (exact) mass is 249 g/mol. The average molecular weight is 249 g/mol. The molecular weight excluding hydrogens is 230 g/mol. The number of carbonyl (C=O) groups excluding carboxylic acids is 1. The van der Waals surface area contributed by atoms with Crippen molar-refractivity contribution in [3.8, 4) is 0 Å². The molecule has 0 atom stereocenters. The molecule has 0 bridgehead atoms. The smallest absolute Gasteiger partial charge is 0.252 e. The van der Waals surface area contributed by atoms with Crippen LogP contribution in [0.2, 0.25) is 0 Å². The maximum Gasteiger partial charge on any atom is 0.252 e. The lowest BCUT2D eigenvalue weighted by atomic mass is 9.81. The second kappa shape index (κ2) is 5.35. The number of H-pyrrole nitrogens is 1. The van der Waals surface area contributed by atoms with Crippen molar-refractivity contribution in [1.82, 2.24) is 15.6 Å². The summed E-state index contributed by atoms with van der Waals surface area (Å²) in [6.07, 6.45) is 3.58. The van der Waals surface area contributed by atoms with E-state index in [9.17, 15) is 9.59 Å². The fourth-order valence-corrected chi connectivity index (χ4v) is 2.15. The van der Waals surface area contributed by atoms with Gasteiger partial charge in [-0.1, -0.05) is 6.92 Å². The van der Waals surface area contributed by atoms with Crippen LogP contribution in [0.25, 0.3) is 0 Å². The molecular formula is C13H19N3O2. The minimum Gasteiger partial charge on any atom is -0.351 e. The summed E-state index contributed by atoms with van der Waals surface area (Å²) < 4.78 is 0. The predicted octanol–water partition coefficient (Wildman–Crippen LogP) is 0.494. The molecule has 0 aromatic carbocycles. The Morgan fingerprint density at radius 3 is 2.72 bits per heavy atom. The highest BCUT2D eigenvalue weighted by Crippen LogP contribution is 2.26. The van der Waals surface area contributed by atoms with Gasteiger partial charge in [-0.3, -0.25) is 9.59 Å². The van der Waals surface area contributed by atoms with Gasteiger partial charge in [-0.25, -0.2) is 0 Å². The van der Waals surface area contributed by atoms with E-state index >= 15 is 0 Å². The molecule has 5 heteroatoms. The lowest BCUT2D eigenvalue weighted by Gasteiger charge is -2.34. The van der Waals surface area contributed by atoms with Crippen LogP contribution in [0.4, 0.5) is 0 Å². The van der Waals surface area contributed by atoms with Gasteiger partial charge in [0.1, 0.15) is 0 Å². The molecule has 0 radical (unpaired) electrons. The van der Waals surface area contributed by atoms with E-state index in [0.717, 1.165) is 25.9 Å². The van der Waals surface area contributed by atoms with Gasteiger partial charge in [0.25, 0.3) is 5.91 Å². The van der Waals surface area contributed by atoms with E-state index < -0.39 is 0 Å². The number of piperidine rings is 1. The van der Waals surface area contributed by atoms with Gasteiger partial charge in [-0.2, -0.15) is 0 Å². The third kappa shape index (κ3) is 3.20. The lowest BCUT2D eigenvalue weighted by Crippen LogP contribution is -2.42. The summed E-state index contributed by atoms with van der Waals surface area (Å²) in [6.45, 7) is 4.88. The minimum absolute atomic E-state index is 0.133. The van der Waals surface area contributed by atoms with Crippen LogP contribution in [-0.2, 0) is 0 Å². The summed E-state index contributed by atoms with van der Waals surface area (Å²) in [6, 6.07) is 2.90. The number of hydrogen-bond acceptors (Lipinski definition) is 3. The molecule has 1 fully saturated rings. The quantitative estimate of drug-likeness (QED) is 0.730. The third-order valence-corrected chi connectivity index (χ3v) is 3.53. The molecule has 0 saturated carbocycles. The zero-order valence-corrected chi connectivity index (χ0v) is 10.6. The maximum absolute atomic E-state index is 11.9. The second-order valence-electron chi connectivity index (χ2n) is 5.18. The van der Waals surface area contributed by atoms with Crippen LogP contribution in [0, 0.1) is 5.41 Å². The van der Waals surface area contributed by atoms with Crippen molar-refractivity contribution >= 4 is 5.91 Å². The highest BCUT2D eigenvalue weighted by atomic mass is 16.1. The largest absolute Gasteiger partial charge is 0.351 e. The summed E-state index contributed by atoms with van der Waals surface area (Å²) >= 11 is 0. The fourth-order valence-electron chi connectivity index (χ4n) is 2.15. The minimum atomic E-state index is -0.197. The lowest BCUT2D eigenvalue weighted by molar-refractivity contribution is 0.0922. The van der Waals surface area contributed by atoms with Crippen LogP contribution in [0.15, 0.2) is 23.1 Å². The molecule has 1 aromatic rings. The fraction of sp³-hybridized carbons (Fsp3) is 0.538. The number of pyridine rings is 1. The molecule has 0 aliphatic carbocycles. The summed E-state index contributed by atoms with van der Waals surface area (Å²) in [4.78, 5) is 25.3. The highest BCUT2D eigenvalue weighted by Gasteiger charge is 2.27. The van der Waals surface area contributed by atoms with E-state index in [0.29, 0.717) is 12.1 Å². The first-order chi connectivity index (χ1) is 8.59. The van der Waals surface area contributed by atoms with E-state index in [-0.39, 0.29) is 16.9 Å². The Balaban J connectivity index is 1.91. The van der Waals surface area contributed by atoms with Crippen molar-refractivity contribution in [2.24, 2.45) is 5.41 Å². The molecule has 3 N–H and O–H groups in total. The molecule has 1 amide bonds. The van der Waals surface area contributed by atoms with Crippen molar-refractivity contribution in [2.45, 2.75) is 19.8 Å². The normalized spacial score (nSPS) is 18.3. The number of amides is 1. The summed E-state index contributed by atoms with van der Waals surface area (Å²) in [5.74, 6) is -0.133. The van der Waals surface area contributed by atoms with Gasteiger partial charge < -0.3 is 15.6 Å². The Hall–Kier alpha value is -1.62. The van der Waals surface area contributed by atoms with E-state index in [1.165, 1.54) is 12.3 Å². The van der Waals surface area contributed by atoms with Gasteiger partial charge >= 0.3 is 0 Å². The van der Waals surface area contributed by atoms with Crippen LogP contribution in [-0.4, -0.2) is 30.5 Å². The second-order valence-corrected chi connectivity index (χ2v) is 5.18. The SMILES string of the molecule is CC1(CNC(=O)c2ccc(=O)[nH]c2)CCNCC1. The van der Waals surface area contributed by atoms with Crippen molar-refractivity contribution in [3.05, 3.63) is 34.2 Å². The number of aromatic amines is 1. The zero-order chi connectivity index (χ0) is 13.0. The van der Waals surface area contributed by atoms with E-state index in [2.05, 4.69) is 22.5 Å². The summed E-state index contributed by atoms with van der Waals surface area (Å²) in [5, 5.41) is 6.25. The molecule has 2 heterocycles. The van der Waals surface area contributed by atoms with Gasteiger partial charge in [0.15, 0.2) is 0 Å². The molecule has 0 unspecified atom stereocenters. The summed E-state index contributed by atoms with van der Waals surface area (Å²) in [7, 11) is 0. The molecule has 5 nitrogen and oxygen atoms in total. The first kappa shape index (κ1) is 12.8. The standard InChI is InChI=1S/C13H19N3O2/c1-13(4-6-14-7-5-13)9-16-12(18)10-2-3-11(17)15-8-10/h2-3,8,14H,4-7,9H2,1H3,(H,15,17)(H,16,18). The number of aromatic nitrogens is 1. The summed E-state index contributed by atoms with van der Waals surface area (Å²) in [5.41, 5.74) is 0.465. The van der Waals surface area contributed by atoms with Crippen LogP contribution >= 0.6 is 0 Å². The highest BCUT2D eigenvalue weighted by molar-refractivity contribution is 5.93. The van der Waals surface area contributed by atoms with Gasteiger partial charge in [0.05, 0.1) is 5.56 Å². The van der Waals surface area contributed by atoms with Crippen molar-refractivity contribution in [1.29, 1.82) is 0 Å². The van der Waals surface area contributed by atoms with Crippen LogP contribution in [0.1, 0.15) is 30.1 Å². The van der Waals surface area contributed by atoms with Crippen LogP contribution in [0.5, 0.6) is 0 Å². The van der Waals surface area contributed by atoms with Gasteiger partial charge in [0, 0.05) is 18.8 Å².